The normalized spacial score (nSPS) is 11.4. The van der Waals surface area contributed by atoms with E-state index >= 15 is 0 Å². The predicted molar refractivity (Wildman–Crippen MR) is 55.0 cm³/mol. The molecule has 1 aromatic rings. The fourth-order valence-corrected chi connectivity index (χ4v) is 1.01. The average Bonchev–Trinajstić information content (AvgIpc) is 2.51. The van der Waals surface area contributed by atoms with Crippen LogP contribution in [0.4, 0.5) is 0 Å². The summed E-state index contributed by atoms with van der Waals surface area (Å²) in [6.07, 6.45) is 4.18. The lowest BCUT2D eigenvalue weighted by Crippen LogP contribution is -2.42. The van der Waals surface area contributed by atoms with Gasteiger partial charge >= 0.3 is 0 Å². The highest BCUT2D eigenvalue weighted by atomic mass is 16.1. The van der Waals surface area contributed by atoms with E-state index in [0.29, 0.717) is 5.56 Å². The van der Waals surface area contributed by atoms with Crippen molar-refractivity contribution in [3.8, 4) is 0 Å². The average molecular weight is 195 g/mol. The van der Waals surface area contributed by atoms with E-state index in [2.05, 4.69) is 10.4 Å². The Kier molecular flexibility index (Phi) is 2.93. The van der Waals surface area contributed by atoms with Crippen LogP contribution in [0.15, 0.2) is 12.4 Å². The number of hydrogen-bond acceptors (Lipinski definition) is 2. The quantitative estimate of drug-likeness (QED) is 0.791. The topological polar surface area (TPSA) is 46.9 Å². The highest BCUT2D eigenvalue weighted by molar-refractivity contribution is 5.94. The van der Waals surface area contributed by atoms with Crippen molar-refractivity contribution in [3.05, 3.63) is 18.0 Å². The van der Waals surface area contributed by atoms with Crippen LogP contribution in [0, 0.1) is 0 Å². The maximum Gasteiger partial charge on any atom is 0.254 e. The van der Waals surface area contributed by atoms with Gasteiger partial charge in [-0.25, -0.2) is 0 Å². The largest absolute Gasteiger partial charge is 0.347 e. The van der Waals surface area contributed by atoms with E-state index in [9.17, 15) is 4.79 Å². The summed E-state index contributed by atoms with van der Waals surface area (Å²) < 4.78 is 1.62. The molecular formula is C10H17N3O. The third-order valence-electron chi connectivity index (χ3n) is 2.30. The smallest absolute Gasteiger partial charge is 0.254 e. The molecule has 1 rings (SSSR count). The van der Waals surface area contributed by atoms with Crippen molar-refractivity contribution in [1.82, 2.24) is 15.1 Å². The second-order valence-corrected chi connectivity index (χ2v) is 4.09. The Labute approximate surface area is 84.3 Å². The molecule has 0 bridgehead atoms. The molecule has 4 heteroatoms. The van der Waals surface area contributed by atoms with Crippen LogP contribution < -0.4 is 5.32 Å². The number of rotatable bonds is 3. The molecule has 1 amide bonds. The number of carbonyl (C=O) groups excluding carboxylic acids is 1. The van der Waals surface area contributed by atoms with Gasteiger partial charge in [0.05, 0.1) is 11.8 Å². The summed E-state index contributed by atoms with van der Waals surface area (Å²) in [4.78, 5) is 11.7. The Morgan fingerprint density at radius 1 is 1.64 bits per heavy atom. The van der Waals surface area contributed by atoms with Crippen LogP contribution >= 0.6 is 0 Å². The maximum absolute atomic E-state index is 11.7. The van der Waals surface area contributed by atoms with E-state index in [1.807, 2.05) is 20.8 Å². The number of amides is 1. The number of aromatic nitrogens is 2. The van der Waals surface area contributed by atoms with Crippen LogP contribution in [0.2, 0.25) is 0 Å². The highest BCUT2D eigenvalue weighted by Gasteiger charge is 2.19. The summed E-state index contributed by atoms with van der Waals surface area (Å²) in [6, 6.07) is 0. The van der Waals surface area contributed by atoms with Gasteiger partial charge in [0.25, 0.3) is 5.91 Å². The monoisotopic (exact) mass is 195 g/mol. The molecule has 0 aromatic carbocycles. The summed E-state index contributed by atoms with van der Waals surface area (Å²) in [5.41, 5.74) is 0.446. The number of carbonyl (C=O) groups is 1. The first kappa shape index (κ1) is 10.8. The number of nitrogens with one attached hydrogen (secondary N) is 1. The molecule has 78 valence electrons. The molecule has 0 radical (unpaired) electrons. The minimum atomic E-state index is -0.160. The lowest BCUT2D eigenvalue weighted by atomic mass is 10.0. The summed E-state index contributed by atoms with van der Waals surface area (Å²) >= 11 is 0. The minimum absolute atomic E-state index is 0.0649. The first-order chi connectivity index (χ1) is 6.44. The van der Waals surface area contributed by atoms with Gasteiger partial charge in [-0.2, -0.15) is 5.10 Å². The van der Waals surface area contributed by atoms with E-state index in [-0.39, 0.29) is 11.4 Å². The van der Waals surface area contributed by atoms with Crippen molar-refractivity contribution >= 4 is 5.91 Å². The van der Waals surface area contributed by atoms with Gasteiger partial charge in [-0.1, -0.05) is 6.92 Å². The van der Waals surface area contributed by atoms with Crippen molar-refractivity contribution in [2.24, 2.45) is 7.05 Å². The Bertz CT molecular complexity index is 328. The summed E-state index contributed by atoms with van der Waals surface area (Å²) in [5, 5.41) is 6.89. The zero-order valence-electron chi connectivity index (χ0n) is 9.16. The van der Waals surface area contributed by atoms with E-state index in [1.165, 1.54) is 0 Å². The van der Waals surface area contributed by atoms with Gasteiger partial charge < -0.3 is 5.32 Å². The second kappa shape index (κ2) is 3.82. The van der Waals surface area contributed by atoms with Crippen LogP contribution in [-0.2, 0) is 7.05 Å². The van der Waals surface area contributed by atoms with Crippen LogP contribution in [0.5, 0.6) is 0 Å². The highest BCUT2D eigenvalue weighted by Crippen LogP contribution is 2.08. The lowest BCUT2D eigenvalue weighted by molar-refractivity contribution is 0.0911. The van der Waals surface area contributed by atoms with E-state index in [0.717, 1.165) is 6.42 Å². The van der Waals surface area contributed by atoms with Crippen molar-refractivity contribution in [2.45, 2.75) is 32.7 Å². The molecule has 1 N–H and O–H groups in total. The molecule has 0 atom stereocenters. The molecule has 0 aliphatic carbocycles. The summed E-state index contributed by atoms with van der Waals surface area (Å²) in [5.74, 6) is -0.0649. The Hall–Kier alpha value is -1.32. The molecule has 0 aliphatic heterocycles. The van der Waals surface area contributed by atoms with Crippen LogP contribution in [0.25, 0.3) is 0 Å². The van der Waals surface area contributed by atoms with Crippen molar-refractivity contribution < 1.29 is 4.79 Å². The van der Waals surface area contributed by atoms with E-state index in [1.54, 1.807) is 24.1 Å². The third kappa shape index (κ3) is 2.58. The standard InChI is InChI=1S/C10H17N3O/c1-5-10(2,3)12-9(14)8-6-11-13(4)7-8/h6-7H,5H2,1-4H3,(H,12,14). The number of nitrogens with zero attached hydrogens (tertiary/aromatic N) is 2. The predicted octanol–water partition coefficient (Wildman–Crippen LogP) is 1.34. The Balaban J connectivity index is 2.68. The van der Waals surface area contributed by atoms with Crippen molar-refractivity contribution in [2.75, 3.05) is 0 Å². The summed E-state index contributed by atoms with van der Waals surface area (Å²) in [7, 11) is 1.79. The van der Waals surface area contributed by atoms with Gasteiger partial charge in [0.1, 0.15) is 0 Å². The van der Waals surface area contributed by atoms with Crippen LogP contribution in [-0.4, -0.2) is 21.2 Å². The second-order valence-electron chi connectivity index (χ2n) is 4.09. The maximum atomic E-state index is 11.7. The fourth-order valence-electron chi connectivity index (χ4n) is 1.01. The third-order valence-corrected chi connectivity index (χ3v) is 2.30. The van der Waals surface area contributed by atoms with Gasteiger partial charge in [-0.3, -0.25) is 9.48 Å². The van der Waals surface area contributed by atoms with E-state index < -0.39 is 0 Å². The van der Waals surface area contributed by atoms with Crippen LogP contribution in [0.3, 0.4) is 0 Å². The molecule has 0 aliphatic rings. The molecule has 1 heterocycles. The lowest BCUT2D eigenvalue weighted by Gasteiger charge is -2.23. The summed E-state index contributed by atoms with van der Waals surface area (Å²) in [6.45, 7) is 6.05. The zero-order chi connectivity index (χ0) is 10.8. The molecular weight excluding hydrogens is 178 g/mol. The number of hydrogen-bond donors (Lipinski definition) is 1. The van der Waals surface area contributed by atoms with Gasteiger partial charge in [-0.15, -0.1) is 0 Å². The minimum Gasteiger partial charge on any atom is -0.347 e. The molecule has 1 aromatic heterocycles. The fraction of sp³-hybridized carbons (Fsp3) is 0.600. The zero-order valence-corrected chi connectivity index (χ0v) is 9.16. The number of aryl methyl sites for hydroxylation is 1. The first-order valence-electron chi connectivity index (χ1n) is 4.76. The molecule has 0 saturated heterocycles. The molecule has 0 saturated carbocycles. The SMILES string of the molecule is CCC(C)(C)NC(=O)c1cnn(C)c1. The van der Waals surface area contributed by atoms with E-state index in [4.69, 9.17) is 0 Å². The first-order valence-corrected chi connectivity index (χ1v) is 4.76. The van der Waals surface area contributed by atoms with Crippen molar-refractivity contribution in [3.63, 3.8) is 0 Å². The molecule has 0 spiro atoms. The molecule has 14 heavy (non-hydrogen) atoms. The Morgan fingerprint density at radius 2 is 2.29 bits per heavy atom. The van der Waals surface area contributed by atoms with Crippen molar-refractivity contribution in [1.29, 1.82) is 0 Å². The molecule has 0 unspecified atom stereocenters. The van der Waals surface area contributed by atoms with Gasteiger partial charge in [0.2, 0.25) is 0 Å². The van der Waals surface area contributed by atoms with Gasteiger partial charge in [0, 0.05) is 18.8 Å². The molecule has 0 fully saturated rings. The van der Waals surface area contributed by atoms with Crippen LogP contribution in [0.1, 0.15) is 37.6 Å². The molecule has 4 nitrogen and oxygen atoms in total. The Morgan fingerprint density at radius 3 is 2.71 bits per heavy atom. The van der Waals surface area contributed by atoms with Gasteiger partial charge in [0.15, 0.2) is 0 Å². The van der Waals surface area contributed by atoms with Gasteiger partial charge in [-0.05, 0) is 20.3 Å².